The molecule has 0 aromatic heterocycles. The summed E-state index contributed by atoms with van der Waals surface area (Å²) < 4.78 is 0. The minimum Gasteiger partial charge on any atom is -0.507 e. The van der Waals surface area contributed by atoms with Crippen LogP contribution in [0.25, 0.3) is 0 Å². The van der Waals surface area contributed by atoms with Gasteiger partial charge in [0.15, 0.2) is 0 Å². The van der Waals surface area contributed by atoms with Gasteiger partial charge in [0.1, 0.15) is 11.5 Å². The number of aryl methyl sites for hydroxylation is 2. The van der Waals surface area contributed by atoms with E-state index in [9.17, 15) is 10.2 Å². The van der Waals surface area contributed by atoms with Gasteiger partial charge in [-0.25, -0.2) is 0 Å². The Balaban J connectivity index is 2.27. The van der Waals surface area contributed by atoms with E-state index in [-0.39, 0.29) is 0 Å². The van der Waals surface area contributed by atoms with Gasteiger partial charge in [-0.05, 0) is 38.2 Å². The van der Waals surface area contributed by atoms with Crippen LogP contribution in [0.15, 0.2) is 66.7 Å². The summed E-state index contributed by atoms with van der Waals surface area (Å²) in [7, 11) is -1.02. The van der Waals surface area contributed by atoms with Crippen LogP contribution in [0.3, 0.4) is 0 Å². The van der Waals surface area contributed by atoms with Crippen molar-refractivity contribution in [2.45, 2.75) is 13.8 Å². The van der Waals surface area contributed by atoms with E-state index >= 15 is 0 Å². The molecule has 2 N–H and O–H groups in total. The fraction of sp³-hybridized carbons (Fsp3) is 0.100. The van der Waals surface area contributed by atoms with Crippen molar-refractivity contribution in [3.8, 4) is 11.5 Å². The zero-order chi connectivity index (χ0) is 16.4. The molecule has 2 nitrogen and oxygen atoms in total. The van der Waals surface area contributed by atoms with Gasteiger partial charge < -0.3 is 10.2 Å². The molecule has 3 heteroatoms. The van der Waals surface area contributed by atoms with Gasteiger partial charge in [-0.15, -0.1) is 0 Å². The number of para-hydroxylation sites is 2. The molecular weight excluding hydrogens is 303 g/mol. The molecular formula is C20H19O2P. The normalized spacial score (nSPS) is 10.9. The number of aromatic hydroxyl groups is 2. The summed E-state index contributed by atoms with van der Waals surface area (Å²) in [5.41, 5.74) is 1.69. The maximum Gasteiger partial charge on any atom is 0.126 e. The lowest BCUT2D eigenvalue weighted by molar-refractivity contribution is 0.475. The molecule has 0 unspecified atom stereocenters. The smallest absolute Gasteiger partial charge is 0.126 e. The molecule has 0 aliphatic heterocycles. The lowest BCUT2D eigenvalue weighted by atomic mass is 10.2. The minimum atomic E-state index is -1.02. The Morgan fingerprint density at radius 3 is 1.57 bits per heavy atom. The quantitative estimate of drug-likeness (QED) is 0.725. The molecule has 0 heterocycles. The number of hydrogen-bond acceptors (Lipinski definition) is 2. The van der Waals surface area contributed by atoms with Crippen molar-refractivity contribution in [2.24, 2.45) is 0 Å². The van der Waals surface area contributed by atoms with Crippen molar-refractivity contribution >= 4 is 23.8 Å². The number of rotatable bonds is 3. The van der Waals surface area contributed by atoms with E-state index in [1.807, 2.05) is 68.4 Å². The third kappa shape index (κ3) is 2.95. The summed E-state index contributed by atoms with van der Waals surface area (Å²) in [5, 5.41) is 24.0. The summed E-state index contributed by atoms with van der Waals surface area (Å²) in [5.74, 6) is 0.617. The van der Waals surface area contributed by atoms with E-state index in [4.69, 9.17) is 0 Å². The molecule has 23 heavy (non-hydrogen) atoms. The molecule has 0 bridgehead atoms. The third-order valence-corrected chi connectivity index (χ3v) is 6.43. The Kier molecular flexibility index (Phi) is 4.36. The average molecular weight is 322 g/mol. The van der Waals surface area contributed by atoms with Gasteiger partial charge in [0.25, 0.3) is 0 Å². The van der Waals surface area contributed by atoms with Gasteiger partial charge >= 0.3 is 0 Å². The Labute approximate surface area is 137 Å². The topological polar surface area (TPSA) is 40.5 Å². The highest BCUT2D eigenvalue weighted by molar-refractivity contribution is 7.80. The highest BCUT2D eigenvalue weighted by Crippen LogP contribution is 2.40. The number of benzene rings is 3. The summed E-state index contributed by atoms with van der Waals surface area (Å²) in [4.78, 5) is 0. The molecule has 0 atom stereocenters. The number of phenols is 2. The zero-order valence-electron chi connectivity index (χ0n) is 13.2. The molecule has 3 rings (SSSR count). The van der Waals surface area contributed by atoms with Crippen molar-refractivity contribution < 1.29 is 10.2 Å². The second kappa shape index (κ2) is 6.44. The SMILES string of the molecule is Cc1cccc(P(c2ccccc2)c2cccc(C)c2O)c1O. The van der Waals surface area contributed by atoms with Gasteiger partial charge in [-0.1, -0.05) is 66.7 Å². The lowest BCUT2D eigenvalue weighted by Crippen LogP contribution is -2.21. The van der Waals surface area contributed by atoms with Gasteiger partial charge in [0.05, 0.1) is 0 Å². The van der Waals surface area contributed by atoms with Gasteiger partial charge in [0, 0.05) is 10.6 Å². The molecule has 0 saturated heterocycles. The van der Waals surface area contributed by atoms with Crippen LogP contribution in [0.5, 0.6) is 11.5 Å². The molecule has 116 valence electrons. The van der Waals surface area contributed by atoms with Crippen LogP contribution in [0, 0.1) is 13.8 Å². The molecule has 0 aliphatic carbocycles. The van der Waals surface area contributed by atoms with Crippen LogP contribution in [0.2, 0.25) is 0 Å². The van der Waals surface area contributed by atoms with Gasteiger partial charge in [-0.3, -0.25) is 0 Å². The first-order chi connectivity index (χ1) is 11.1. The Morgan fingerprint density at radius 1 is 0.609 bits per heavy atom. The van der Waals surface area contributed by atoms with Crippen LogP contribution in [0.1, 0.15) is 11.1 Å². The first-order valence-corrected chi connectivity index (χ1v) is 8.86. The van der Waals surface area contributed by atoms with Crippen molar-refractivity contribution in [3.63, 3.8) is 0 Å². The predicted octanol–water partition coefficient (Wildman–Crippen LogP) is 3.47. The van der Waals surface area contributed by atoms with Gasteiger partial charge in [-0.2, -0.15) is 0 Å². The Morgan fingerprint density at radius 2 is 1.09 bits per heavy atom. The standard InChI is InChI=1S/C20H19O2P/c1-14-8-6-12-17(19(14)21)23(16-10-4-3-5-11-16)18-13-7-9-15(2)20(18)22/h3-13,21-22H,1-2H3. The van der Waals surface area contributed by atoms with Crippen LogP contribution < -0.4 is 15.9 Å². The average Bonchev–Trinajstić information content (AvgIpc) is 2.56. The van der Waals surface area contributed by atoms with Crippen molar-refractivity contribution in [1.82, 2.24) is 0 Å². The molecule has 0 radical (unpaired) electrons. The molecule has 0 amide bonds. The van der Waals surface area contributed by atoms with Crippen LogP contribution in [0.4, 0.5) is 0 Å². The Bertz CT molecular complexity index is 777. The van der Waals surface area contributed by atoms with E-state index in [1.165, 1.54) is 0 Å². The third-order valence-electron chi connectivity index (χ3n) is 3.93. The summed E-state index contributed by atoms with van der Waals surface area (Å²) in [6.45, 7) is 3.79. The first-order valence-electron chi connectivity index (χ1n) is 7.52. The van der Waals surface area contributed by atoms with E-state index in [2.05, 4.69) is 12.1 Å². The lowest BCUT2D eigenvalue weighted by Gasteiger charge is -2.22. The zero-order valence-corrected chi connectivity index (χ0v) is 14.1. The molecule has 0 spiro atoms. The maximum absolute atomic E-state index is 10.6. The fourth-order valence-electron chi connectivity index (χ4n) is 2.63. The van der Waals surface area contributed by atoms with Crippen LogP contribution in [-0.4, -0.2) is 10.2 Å². The summed E-state index contributed by atoms with van der Waals surface area (Å²) >= 11 is 0. The van der Waals surface area contributed by atoms with Crippen LogP contribution in [-0.2, 0) is 0 Å². The largest absolute Gasteiger partial charge is 0.507 e. The maximum atomic E-state index is 10.6. The number of phenolic OH excluding ortho intramolecular Hbond substituents is 2. The molecule has 0 saturated carbocycles. The van der Waals surface area contributed by atoms with Crippen molar-refractivity contribution in [1.29, 1.82) is 0 Å². The molecule has 3 aromatic rings. The monoisotopic (exact) mass is 322 g/mol. The molecule has 3 aromatic carbocycles. The fourth-order valence-corrected chi connectivity index (χ4v) is 5.17. The Hall–Kier alpha value is -2.31. The molecule has 0 fully saturated rings. The highest BCUT2D eigenvalue weighted by Gasteiger charge is 2.23. The van der Waals surface area contributed by atoms with Crippen LogP contribution >= 0.6 is 7.92 Å². The highest BCUT2D eigenvalue weighted by atomic mass is 31.1. The second-order valence-electron chi connectivity index (χ2n) is 5.56. The molecule has 0 aliphatic rings. The van der Waals surface area contributed by atoms with E-state index in [0.717, 1.165) is 27.0 Å². The van der Waals surface area contributed by atoms with Crippen molar-refractivity contribution in [2.75, 3.05) is 0 Å². The summed E-state index contributed by atoms with van der Waals surface area (Å²) in [6, 6.07) is 21.7. The number of hydrogen-bond donors (Lipinski definition) is 2. The van der Waals surface area contributed by atoms with Gasteiger partial charge in [0.2, 0.25) is 0 Å². The van der Waals surface area contributed by atoms with E-state index in [0.29, 0.717) is 11.5 Å². The van der Waals surface area contributed by atoms with E-state index in [1.54, 1.807) is 0 Å². The van der Waals surface area contributed by atoms with E-state index < -0.39 is 7.92 Å². The summed E-state index contributed by atoms with van der Waals surface area (Å²) in [6.07, 6.45) is 0. The van der Waals surface area contributed by atoms with Crippen molar-refractivity contribution in [3.05, 3.63) is 77.9 Å². The second-order valence-corrected chi connectivity index (χ2v) is 7.71. The first kappa shape index (κ1) is 15.6. The predicted molar refractivity (Wildman–Crippen MR) is 98.0 cm³/mol. The minimum absolute atomic E-state index is 0.309.